The molecule has 0 aromatic heterocycles. The van der Waals surface area contributed by atoms with Crippen LogP contribution in [0, 0.1) is 5.92 Å². The van der Waals surface area contributed by atoms with E-state index in [0.29, 0.717) is 17.0 Å². The first-order valence-electron chi connectivity index (χ1n) is 6.74. The molecule has 1 atom stereocenters. The van der Waals surface area contributed by atoms with Crippen LogP contribution in [0.1, 0.15) is 45.2 Å². The van der Waals surface area contributed by atoms with E-state index in [1.165, 1.54) is 5.56 Å². The summed E-state index contributed by atoms with van der Waals surface area (Å²) in [5, 5.41) is 4.25. The number of benzene rings is 1. The normalized spacial score (nSPS) is 12.8. The van der Waals surface area contributed by atoms with Crippen LogP contribution in [0.4, 0.5) is 0 Å². The maximum atomic E-state index is 6.21. The fraction of sp³-hybridized carbons (Fsp3) is 0.600. The van der Waals surface area contributed by atoms with E-state index in [0.717, 1.165) is 25.1 Å². The van der Waals surface area contributed by atoms with Crippen molar-refractivity contribution >= 4 is 11.6 Å². The Balaban J connectivity index is 3.01. The largest absolute Gasteiger partial charge is 0.495 e. The van der Waals surface area contributed by atoms with Crippen LogP contribution in [0.15, 0.2) is 18.2 Å². The highest BCUT2D eigenvalue weighted by Gasteiger charge is 2.20. The van der Waals surface area contributed by atoms with E-state index in [9.17, 15) is 0 Å². The van der Waals surface area contributed by atoms with Crippen LogP contribution in [0.25, 0.3) is 0 Å². The van der Waals surface area contributed by atoms with Crippen LogP contribution in [0.3, 0.4) is 0 Å². The van der Waals surface area contributed by atoms with E-state index in [2.05, 4.69) is 32.2 Å². The lowest BCUT2D eigenvalue weighted by atomic mass is 9.89. The molecule has 0 aliphatic carbocycles. The fourth-order valence-electron chi connectivity index (χ4n) is 2.41. The molecule has 0 aliphatic heterocycles. The summed E-state index contributed by atoms with van der Waals surface area (Å²) >= 11 is 6.21. The van der Waals surface area contributed by atoms with Crippen molar-refractivity contribution < 1.29 is 4.74 Å². The average molecular weight is 270 g/mol. The summed E-state index contributed by atoms with van der Waals surface area (Å²) in [5.41, 5.74) is 1.25. The fourth-order valence-corrected chi connectivity index (χ4v) is 2.68. The maximum Gasteiger partial charge on any atom is 0.137 e. The predicted molar refractivity (Wildman–Crippen MR) is 78.5 cm³/mol. The Morgan fingerprint density at radius 3 is 2.33 bits per heavy atom. The molecule has 0 radical (unpaired) electrons. The zero-order valence-electron chi connectivity index (χ0n) is 11.8. The molecule has 0 amide bonds. The SMILES string of the molecule is CCNC(c1ccc(OC)c(Cl)c1)C(CC)CC. The van der Waals surface area contributed by atoms with Crippen molar-refractivity contribution in [3.8, 4) is 5.75 Å². The van der Waals surface area contributed by atoms with Crippen LogP contribution in [-0.4, -0.2) is 13.7 Å². The van der Waals surface area contributed by atoms with Gasteiger partial charge >= 0.3 is 0 Å². The molecular weight excluding hydrogens is 246 g/mol. The first-order valence-corrected chi connectivity index (χ1v) is 7.12. The molecule has 102 valence electrons. The molecule has 1 N–H and O–H groups in total. The maximum absolute atomic E-state index is 6.21. The Morgan fingerprint density at radius 2 is 1.89 bits per heavy atom. The highest BCUT2D eigenvalue weighted by atomic mass is 35.5. The van der Waals surface area contributed by atoms with Gasteiger partial charge in [0, 0.05) is 6.04 Å². The van der Waals surface area contributed by atoms with Crippen molar-refractivity contribution in [2.24, 2.45) is 5.92 Å². The molecule has 3 heteroatoms. The van der Waals surface area contributed by atoms with Crippen molar-refractivity contribution in [2.45, 2.75) is 39.7 Å². The molecule has 1 unspecified atom stereocenters. The smallest absolute Gasteiger partial charge is 0.137 e. The number of ether oxygens (including phenoxy) is 1. The summed E-state index contributed by atoms with van der Waals surface area (Å²) in [7, 11) is 1.64. The zero-order chi connectivity index (χ0) is 13.5. The third-order valence-corrected chi connectivity index (χ3v) is 3.77. The number of hydrogen-bond donors (Lipinski definition) is 1. The van der Waals surface area contributed by atoms with Crippen molar-refractivity contribution in [2.75, 3.05) is 13.7 Å². The highest BCUT2D eigenvalue weighted by Crippen LogP contribution is 2.32. The Kier molecular flexibility index (Phi) is 6.51. The number of nitrogens with one attached hydrogen (secondary N) is 1. The second kappa shape index (κ2) is 7.65. The quantitative estimate of drug-likeness (QED) is 0.790. The second-order valence-electron chi connectivity index (χ2n) is 4.51. The molecule has 0 saturated carbocycles. The summed E-state index contributed by atoms with van der Waals surface area (Å²) < 4.78 is 5.20. The first kappa shape index (κ1) is 15.3. The molecule has 2 nitrogen and oxygen atoms in total. The van der Waals surface area contributed by atoms with Gasteiger partial charge in [-0.3, -0.25) is 0 Å². The van der Waals surface area contributed by atoms with Gasteiger partial charge in [0.2, 0.25) is 0 Å². The van der Waals surface area contributed by atoms with Gasteiger partial charge in [-0.25, -0.2) is 0 Å². The van der Waals surface area contributed by atoms with E-state index in [1.807, 2.05) is 12.1 Å². The van der Waals surface area contributed by atoms with Crippen LogP contribution in [-0.2, 0) is 0 Å². The summed E-state index contributed by atoms with van der Waals surface area (Å²) in [5.74, 6) is 1.37. The third kappa shape index (κ3) is 3.63. The Labute approximate surface area is 116 Å². The Hall–Kier alpha value is -0.730. The van der Waals surface area contributed by atoms with Gasteiger partial charge in [0.15, 0.2) is 0 Å². The van der Waals surface area contributed by atoms with E-state index in [-0.39, 0.29) is 0 Å². The van der Waals surface area contributed by atoms with Gasteiger partial charge in [-0.05, 0) is 30.2 Å². The molecule has 0 bridgehead atoms. The summed E-state index contributed by atoms with van der Waals surface area (Å²) in [6, 6.07) is 6.45. The minimum atomic E-state index is 0.369. The lowest BCUT2D eigenvalue weighted by Gasteiger charge is -2.27. The Morgan fingerprint density at radius 1 is 1.22 bits per heavy atom. The predicted octanol–water partition coefficient (Wildman–Crippen LogP) is 4.44. The van der Waals surface area contributed by atoms with Crippen molar-refractivity contribution in [1.82, 2.24) is 5.32 Å². The number of halogens is 1. The molecule has 0 saturated heterocycles. The molecule has 18 heavy (non-hydrogen) atoms. The van der Waals surface area contributed by atoms with Crippen LogP contribution < -0.4 is 10.1 Å². The topological polar surface area (TPSA) is 21.3 Å². The third-order valence-electron chi connectivity index (χ3n) is 3.48. The minimum absolute atomic E-state index is 0.369. The monoisotopic (exact) mass is 269 g/mol. The first-order chi connectivity index (χ1) is 8.67. The van der Waals surface area contributed by atoms with Gasteiger partial charge in [0.05, 0.1) is 12.1 Å². The van der Waals surface area contributed by atoms with Crippen LogP contribution >= 0.6 is 11.6 Å². The zero-order valence-corrected chi connectivity index (χ0v) is 12.6. The van der Waals surface area contributed by atoms with Crippen LogP contribution in [0.2, 0.25) is 5.02 Å². The van der Waals surface area contributed by atoms with Crippen LogP contribution in [0.5, 0.6) is 5.75 Å². The van der Waals surface area contributed by atoms with Crippen molar-refractivity contribution in [1.29, 1.82) is 0 Å². The van der Waals surface area contributed by atoms with E-state index >= 15 is 0 Å². The van der Waals surface area contributed by atoms with Gasteiger partial charge < -0.3 is 10.1 Å². The van der Waals surface area contributed by atoms with Gasteiger partial charge in [0.25, 0.3) is 0 Å². The average Bonchev–Trinajstić information content (AvgIpc) is 2.39. The number of hydrogen-bond acceptors (Lipinski definition) is 2. The van der Waals surface area contributed by atoms with Gasteiger partial charge in [-0.2, -0.15) is 0 Å². The summed E-state index contributed by atoms with van der Waals surface area (Å²) in [4.78, 5) is 0. The van der Waals surface area contributed by atoms with Gasteiger partial charge in [-0.15, -0.1) is 0 Å². The summed E-state index contributed by atoms with van der Waals surface area (Å²) in [6.45, 7) is 7.58. The van der Waals surface area contributed by atoms with E-state index < -0.39 is 0 Å². The van der Waals surface area contributed by atoms with E-state index in [1.54, 1.807) is 7.11 Å². The Bertz CT molecular complexity index is 364. The van der Waals surface area contributed by atoms with Crippen molar-refractivity contribution in [3.05, 3.63) is 28.8 Å². The second-order valence-corrected chi connectivity index (χ2v) is 4.91. The molecule has 0 spiro atoms. The van der Waals surface area contributed by atoms with Gasteiger partial charge in [0.1, 0.15) is 5.75 Å². The molecule has 1 aromatic rings. The molecule has 1 rings (SSSR count). The standard InChI is InChI=1S/C15H24ClNO/c1-5-11(6-2)15(17-7-3)12-8-9-14(18-4)13(16)10-12/h8-11,15,17H,5-7H2,1-4H3. The molecule has 0 heterocycles. The number of methoxy groups -OCH3 is 1. The molecule has 0 fully saturated rings. The van der Waals surface area contributed by atoms with Crippen molar-refractivity contribution in [3.63, 3.8) is 0 Å². The molecule has 1 aromatic carbocycles. The lowest BCUT2D eigenvalue weighted by molar-refractivity contribution is 0.346. The minimum Gasteiger partial charge on any atom is -0.495 e. The van der Waals surface area contributed by atoms with Gasteiger partial charge in [-0.1, -0.05) is 51.3 Å². The highest BCUT2D eigenvalue weighted by molar-refractivity contribution is 6.32. The molecular formula is C15H24ClNO. The molecule has 0 aliphatic rings. The summed E-state index contributed by atoms with van der Waals surface area (Å²) in [6.07, 6.45) is 2.33. The number of rotatable bonds is 7. The van der Waals surface area contributed by atoms with E-state index in [4.69, 9.17) is 16.3 Å². The lowest BCUT2D eigenvalue weighted by Crippen LogP contribution is -2.27.